The summed E-state index contributed by atoms with van der Waals surface area (Å²) in [5.41, 5.74) is 2.52. The van der Waals surface area contributed by atoms with Gasteiger partial charge in [-0.3, -0.25) is 0 Å². The summed E-state index contributed by atoms with van der Waals surface area (Å²) in [6, 6.07) is 8.77. The highest BCUT2D eigenvalue weighted by Gasteiger charge is 2.30. The van der Waals surface area contributed by atoms with Crippen LogP contribution in [0.1, 0.15) is 20.8 Å². The van der Waals surface area contributed by atoms with Crippen molar-refractivity contribution < 1.29 is 0 Å². The fourth-order valence-corrected chi connectivity index (χ4v) is 1.59. The lowest BCUT2D eigenvalue weighted by atomic mass is 9.92. The molecule has 2 N–H and O–H groups in total. The van der Waals surface area contributed by atoms with Crippen LogP contribution in [0.4, 0.5) is 11.4 Å². The van der Waals surface area contributed by atoms with Gasteiger partial charge in [-0.05, 0) is 32.9 Å². The predicted molar refractivity (Wildman–Crippen MR) is 57.2 cm³/mol. The highest BCUT2D eigenvalue weighted by Crippen LogP contribution is 2.32. The van der Waals surface area contributed by atoms with Crippen molar-refractivity contribution in [3.8, 4) is 0 Å². The van der Waals surface area contributed by atoms with E-state index in [-0.39, 0.29) is 5.54 Å². The Morgan fingerprint density at radius 3 is 2.46 bits per heavy atom. The molecule has 0 saturated carbocycles. The highest BCUT2D eigenvalue weighted by atomic mass is 15.1. The highest BCUT2D eigenvalue weighted by molar-refractivity contribution is 5.72. The van der Waals surface area contributed by atoms with Crippen LogP contribution in [-0.4, -0.2) is 11.6 Å². The van der Waals surface area contributed by atoms with E-state index in [1.165, 1.54) is 11.4 Å². The second-order valence-electron chi connectivity index (χ2n) is 4.26. The average molecular weight is 176 g/mol. The van der Waals surface area contributed by atoms with Crippen molar-refractivity contribution in [3.63, 3.8) is 0 Å². The third-order valence-corrected chi connectivity index (χ3v) is 2.84. The summed E-state index contributed by atoms with van der Waals surface area (Å²) in [4.78, 5) is 0. The number of fused-ring (bicyclic) bond motifs is 1. The lowest BCUT2D eigenvalue weighted by molar-refractivity contribution is 0.486. The van der Waals surface area contributed by atoms with Crippen LogP contribution in [0.15, 0.2) is 24.3 Å². The molecule has 0 fully saturated rings. The molecule has 1 atom stereocenters. The van der Waals surface area contributed by atoms with Crippen LogP contribution in [0.3, 0.4) is 0 Å². The topological polar surface area (TPSA) is 24.1 Å². The minimum absolute atomic E-state index is 0.119. The van der Waals surface area contributed by atoms with Gasteiger partial charge in [0.1, 0.15) is 0 Å². The van der Waals surface area contributed by atoms with E-state index < -0.39 is 0 Å². The molecular weight excluding hydrogens is 160 g/mol. The largest absolute Gasteiger partial charge is 0.379 e. The van der Waals surface area contributed by atoms with Crippen LogP contribution >= 0.6 is 0 Å². The van der Waals surface area contributed by atoms with E-state index in [1.54, 1.807) is 0 Å². The summed E-state index contributed by atoms with van der Waals surface area (Å²) >= 11 is 0. The van der Waals surface area contributed by atoms with Gasteiger partial charge in [0.05, 0.1) is 16.9 Å². The number of benzene rings is 1. The van der Waals surface area contributed by atoms with Gasteiger partial charge in [-0.25, -0.2) is 0 Å². The van der Waals surface area contributed by atoms with Crippen molar-refractivity contribution in [1.29, 1.82) is 0 Å². The Balaban J connectivity index is 2.39. The molecule has 1 aliphatic rings. The Morgan fingerprint density at radius 2 is 1.77 bits per heavy atom. The van der Waals surface area contributed by atoms with Crippen LogP contribution in [0.5, 0.6) is 0 Å². The summed E-state index contributed by atoms with van der Waals surface area (Å²) < 4.78 is 0. The van der Waals surface area contributed by atoms with Crippen LogP contribution in [0, 0.1) is 0 Å². The van der Waals surface area contributed by atoms with Crippen molar-refractivity contribution in [2.24, 2.45) is 0 Å². The van der Waals surface area contributed by atoms with Gasteiger partial charge in [-0.15, -0.1) is 0 Å². The van der Waals surface area contributed by atoms with Crippen LogP contribution in [0.25, 0.3) is 0 Å². The molecule has 0 radical (unpaired) electrons. The van der Waals surface area contributed by atoms with E-state index in [0.717, 1.165) is 0 Å². The van der Waals surface area contributed by atoms with Gasteiger partial charge < -0.3 is 10.6 Å². The van der Waals surface area contributed by atoms with Gasteiger partial charge in [0.2, 0.25) is 0 Å². The fourth-order valence-electron chi connectivity index (χ4n) is 1.59. The molecule has 0 aliphatic carbocycles. The van der Waals surface area contributed by atoms with Crippen LogP contribution < -0.4 is 10.6 Å². The third-order valence-electron chi connectivity index (χ3n) is 2.84. The first-order chi connectivity index (χ1) is 6.09. The molecule has 0 aromatic heterocycles. The first-order valence-electron chi connectivity index (χ1n) is 4.73. The minimum atomic E-state index is 0.119. The van der Waals surface area contributed by atoms with E-state index in [0.29, 0.717) is 6.04 Å². The van der Waals surface area contributed by atoms with Gasteiger partial charge >= 0.3 is 0 Å². The molecule has 1 aliphatic heterocycles. The molecule has 13 heavy (non-hydrogen) atoms. The lowest BCUT2D eigenvalue weighted by Gasteiger charge is -2.40. The Bertz CT molecular complexity index is 318. The van der Waals surface area contributed by atoms with Crippen LogP contribution in [-0.2, 0) is 0 Å². The zero-order chi connectivity index (χ0) is 9.47. The Kier molecular flexibility index (Phi) is 1.72. The lowest BCUT2D eigenvalue weighted by Crippen LogP contribution is -2.49. The molecule has 1 heterocycles. The van der Waals surface area contributed by atoms with Crippen LogP contribution in [0.2, 0.25) is 0 Å². The maximum Gasteiger partial charge on any atom is 0.0580 e. The standard InChI is InChI=1S/C11H16N2/c1-8-11(2,3)13-10-7-5-4-6-9(10)12-8/h4-8,12-13H,1-3H3. The smallest absolute Gasteiger partial charge is 0.0580 e. The van der Waals surface area contributed by atoms with E-state index >= 15 is 0 Å². The van der Waals surface area contributed by atoms with Crippen molar-refractivity contribution in [2.75, 3.05) is 10.6 Å². The van der Waals surface area contributed by atoms with Gasteiger partial charge in [-0.2, -0.15) is 0 Å². The molecule has 1 aromatic rings. The molecule has 1 aromatic carbocycles. The summed E-state index contributed by atoms with van der Waals surface area (Å²) in [6.07, 6.45) is 0. The van der Waals surface area contributed by atoms with Gasteiger partial charge in [0.25, 0.3) is 0 Å². The van der Waals surface area contributed by atoms with Crippen molar-refractivity contribution in [2.45, 2.75) is 32.4 Å². The maximum atomic E-state index is 3.52. The minimum Gasteiger partial charge on any atom is -0.379 e. The SMILES string of the molecule is CC1Nc2ccccc2NC1(C)C. The molecule has 0 saturated heterocycles. The molecule has 1 unspecified atom stereocenters. The molecule has 0 bridgehead atoms. The molecule has 0 amide bonds. The molecule has 2 rings (SSSR count). The molecule has 2 heteroatoms. The van der Waals surface area contributed by atoms with Crippen molar-refractivity contribution >= 4 is 11.4 Å². The van der Waals surface area contributed by atoms with Gasteiger partial charge in [0, 0.05) is 6.04 Å². The second kappa shape index (κ2) is 2.66. The number of nitrogens with one attached hydrogen (secondary N) is 2. The van der Waals surface area contributed by atoms with E-state index in [2.05, 4.69) is 55.7 Å². The molecule has 0 spiro atoms. The fraction of sp³-hybridized carbons (Fsp3) is 0.455. The maximum absolute atomic E-state index is 3.52. The molecular formula is C11H16N2. The van der Waals surface area contributed by atoms with Gasteiger partial charge in [-0.1, -0.05) is 12.1 Å². The van der Waals surface area contributed by atoms with Gasteiger partial charge in [0.15, 0.2) is 0 Å². The molecule has 70 valence electrons. The van der Waals surface area contributed by atoms with E-state index in [9.17, 15) is 0 Å². The van der Waals surface area contributed by atoms with E-state index in [4.69, 9.17) is 0 Å². The number of rotatable bonds is 0. The van der Waals surface area contributed by atoms with Crippen molar-refractivity contribution in [3.05, 3.63) is 24.3 Å². The first kappa shape index (κ1) is 8.42. The van der Waals surface area contributed by atoms with Crippen molar-refractivity contribution in [1.82, 2.24) is 0 Å². The number of hydrogen-bond acceptors (Lipinski definition) is 2. The number of hydrogen-bond donors (Lipinski definition) is 2. The van der Waals surface area contributed by atoms with E-state index in [1.807, 2.05) is 0 Å². The monoisotopic (exact) mass is 176 g/mol. The molecule has 2 nitrogen and oxygen atoms in total. The normalized spacial score (nSPS) is 24.1. The zero-order valence-electron chi connectivity index (χ0n) is 8.39. The summed E-state index contributed by atoms with van der Waals surface area (Å²) in [5, 5.41) is 7.01. The predicted octanol–water partition coefficient (Wildman–Crippen LogP) is 2.69. The quantitative estimate of drug-likeness (QED) is 0.635. The number of para-hydroxylation sites is 2. The average Bonchev–Trinajstić information content (AvgIpc) is 2.06. The Morgan fingerprint density at radius 1 is 1.15 bits per heavy atom. The Hall–Kier alpha value is -1.18. The first-order valence-corrected chi connectivity index (χ1v) is 4.73. The number of anilines is 2. The third kappa shape index (κ3) is 1.37. The summed E-state index contributed by atoms with van der Waals surface area (Å²) in [7, 11) is 0. The summed E-state index contributed by atoms with van der Waals surface area (Å²) in [6.45, 7) is 6.62. The Labute approximate surface area is 79.4 Å². The second-order valence-corrected chi connectivity index (χ2v) is 4.26. The summed E-state index contributed by atoms with van der Waals surface area (Å²) in [5.74, 6) is 0. The zero-order valence-corrected chi connectivity index (χ0v) is 8.39.